The average molecular weight is 436 g/mol. The molecule has 0 bridgehead atoms. The van der Waals surface area contributed by atoms with E-state index in [4.69, 9.17) is 15.9 Å². The number of benzene rings is 2. The van der Waals surface area contributed by atoms with E-state index in [1.807, 2.05) is 0 Å². The molecule has 1 heterocycles. The zero-order valence-corrected chi connectivity index (χ0v) is 16.1. The minimum Gasteiger partial charge on any atom is -0.493 e. The molecule has 3 rings (SSSR count). The van der Waals surface area contributed by atoms with Crippen molar-refractivity contribution in [2.45, 2.75) is 6.92 Å². The minimum absolute atomic E-state index is 0.0281. The number of carbonyl (C=O) groups is 1. The predicted molar refractivity (Wildman–Crippen MR) is 102 cm³/mol. The molecule has 0 saturated heterocycles. The van der Waals surface area contributed by atoms with Gasteiger partial charge in [-0.1, -0.05) is 18.1 Å². The molecule has 1 amide bonds. The van der Waals surface area contributed by atoms with Crippen LogP contribution in [-0.2, 0) is 4.79 Å². The Morgan fingerprint density at radius 1 is 1.10 bits per heavy atom. The number of methoxy groups -OCH3 is 1. The maximum atomic E-state index is 14.2. The number of hydrogen-bond acceptors (Lipinski definition) is 4. The summed E-state index contributed by atoms with van der Waals surface area (Å²) >= 11 is 0. The number of rotatable bonds is 5. The molecule has 0 aliphatic carbocycles. The Morgan fingerprint density at radius 2 is 1.71 bits per heavy atom. The third-order valence-electron chi connectivity index (χ3n) is 4.29. The maximum Gasteiger partial charge on any atom is 0.280 e. The summed E-state index contributed by atoms with van der Waals surface area (Å²) in [5.74, 6) is -9.42. The number of hydrazone groups is 1. The highest BCUT2D eigenvalue weighted by Gasteiger charge is 2.37. The summed E-state index contributed by atoms with van der Waals surface area (Å²) in [5, 5.41) is 3.80. The highest BCUT2D eigenvalue weighted by molar-refractivity contribution is 6.32. The van der Waals surface area contributed by atoms with Crippen molar-refractivity contribution >= 4 is 23.4 Å². The first-order chi connectivity index (χ1) is 14.7. The lowest BCUT2D eigenvalue weighted by Gasteiger charge is -2.15. The Bertz CT molecular complexity index is 1160. The standard InChI is InChI=1S/C21H13F5N2O3/c1-4-8-31-20-11(6-5-7-13(20)30-3)9-12-10(2)27-28(21(12)29)19-17(25)15(23)14(22)16(24)18(19)26/h1,5-7,9H,8H2,2-3H3/b12-9-. The molecule has 160 valence electrons. The van der Waals surface area contributed by atoms with Crippen LogP contribution >= 0.6 is 0 Å². The maximum absolute atomic E-state index is 14.2. The summed E-state index contributed by atoms with van der Waals surface area (Å²) < 4.78 is 79.4. The van der Waals surface area contributed by atoms with Crippen LogP contribution in [0, 0.1) is 41.4 Å². The van der Waals surface area contributed by atoms with E-state index in [9.17, 15) is 26.7 Å². The van der Waals surface area contributed by atoms with Crippen molar-refractivity contribution in [2.24, 2.45) is 5.10 Å². The Labute approximate surface area is 173 Å². The van der Waals surface area contributed by atoms with Crippen LogP contribution in [-0.4, -0.2) is 25.3 Å². The second kappa shape index (κ2) is 8.47. The number of ether oxygens (including phenoxy) is 2. The first-order valence-electron chi connectivity index (χ1n) is 8.59. The van der Waals surface area contributed by atoms with Crippen LogP contribution in [0.4, 0.5) is 27.6 Å². The number of nitrogens with zero attached hydrogens (tertiary/aromatic N) is 2. The Kier molecular flexibility index (Phi) is 5.97. The highest BCUT2D eigenvalue weighted by Crippen LogP contribution is 2.36. The second-order valence-corrected chi connectivity index (χ2v) is 6.15. The van der Waals surface area contributed by atoms with Crippen molar-refractivity contribution in [1.29, 1.82) is 0 Å². The molecular formula is C21H13F5N2O3. The zero-order chi connectivity index (χ0) is 22.9. The smallest absolute Gasteiger partial charge is 0.280 e. The molecular weight excluding hydrogens is 423 g/mol. The van der Waals surface area contributed by atoms with E-state index in [0.29, 0.717) is 11.3 Å². The van der Waals surface area contributed by atoms with Crippen molar-refractivity contribution in [2.75, 3.05) is 18.7 Å². The zero-order valence-electron chi connectivity index (χ0n) is 16.1. The van der Waals surface area contributed by atoms with E-state index in [-0.39, 0.29) is 28.7 Å². The number of halogens is 5. The fourth-order valence-electron chi connectivity index (χ4n) is 2.85. The van der Waals surface area contributed by atoms with Gasteiger partial charge in [-0.05, 0) is 19.1 Å². The van der Waals surface area contributed by atoms with Gasteiger partial charge in [0.2, 0.25) is 5.82 Å². The van der Waals surface area contributed by atoms with E-state index in [1.54, 1.807) is 18.2 Å². The fraction of sp³-hybridized carbons (Fsp3) is 0.143. The van der Waals surface area contributed by atoms with Gasteiger partial charge in [-0.2, -0.15) is 10.1 Å². The Balaban J connectivity index is 2.10. The van der Waals surface area contributed by atoms with Crippen molar-refractivity contribution in [3.05, 3.63) is 58.4 Å². The lowest BCUT2D eigenvalue weighted by atomic mass is 10.1. The quantitative estimate of drug-likeness (QED) is 0.232. The Morgan fingerprint density at radius 3 is 2.29 bits per heavy atom. The molecule has 2 aromatic carbocycles. The number of amides is 1. The van der Waals surface area contributed by atoms with E-state index in [2.05, 4.69) is 11.0 Å². The van der Waals surface area contributed by atoms with Crippen LogP contribution in [0.15, 0.2) is 28.9 Å². The molecule has 0 N–H and O–H groups in total. The molecule has 0 atom stereocenters. The van der Waals surface area contributed by atoms with Gasteiger partial charge in [-0.15, -0.1) is 6.42 Å². The van der Waals surface area contributed by atoms with Crippen molar-refractivity contribution < 1.29 is 36.2 Å². The number of anilines is 1. The van der Waals surface area contributed by atoms with E-state index in [0.717, 1.165) is 0 Å². The third-order valence-corrected chi connectivity index (χ3v) is 4.29. The minimum atomic E-state index is -2.34. The molecule has 5 nitrogen and oxygen atoms in total. The summed E-state index contributed by atoms with van der Waals surface area (Å²) in [6.07, 6.45) is 6.48. The molecule has 0 fully saturated rings. The van der Waals surface area contributed by atoms with Gasteiger partial charge in [0.1, 0.15) is 12.3 Å². The van der Waals surface area contributed by atoms with Crippen LogP contribution in [0.5, 0.6) is 11.5 Å². The van der Waals surface area contributed by atoms with Gasteiger partial charge in [0, 0.05) is 5.56 Å². The molecule has 2 aromatic rings. The second-order valence-electron chi connectivity index (χ2n) is 6.15. The van der Waals surface area contributed by atoms with Gasteiger partial charge < -0.3 is 9.47 Å². The fourth-order valence-corrected chi connectivity index (χ4v) is 2.85. The van der Waals surface area contributed by atoms with Gasteiger partial charge in [-0.3, -0.25) is 4.79 Å². The van der Waals surface area contributed by atoms with Crippen LogP contribution in [0.3, 0.4) is 0 Å². The van der Waals surface area contributed by atoms with Gasteiger partial charge in [0.05, 0.1) is 18.4 Å². The molecule has 0 unspecified atom stereocenters. The lowest BCUT2D eigenvalue weighted by Crippen LogP contribution is -2.25. The van der Waals surface area contributed by atoms with E-state index >= 15 is 0 Å². The molecule has 0 radical (unpaired) electrons. The third kappa shape index (κ3) is 3.70. The van der Waals surface area contributed by atoms with E-state index in [1.165, 1.54) is 20.1 Å². The monoisotopic (exact) mass is 436 g/mol. The van der Waals surface area contributed by atoms with Gasteiger partial charge in [0.15, 0.2) is 34.8 Å². The summed E-state index contributed by atoms with van der Waals surface area (Å²) in [5.41, 5.74) is -1.35. The Hall–Kier alpha value is -3.87. The van der Waals surface area contributed by atoms with Crippen molar-refractivity contribution in [3.63, 3.8) is 0 Å². The predicted octanol–water partition coefficient (Wildman–Crippen LogP) is 4.21. The number of hydrogen-bond donors (Lipinski definition) is 0. The highest BCUT2D eigenvalue weighted by atomic mass is 19.2. The topological polar surface area (TPSA) is 51.1 Å². The molecule has 0 saturated carbocycles. The van der Waals surface area contributed by atoms with Crippen LogP contribution in [0.1, 0.15) is 12.5 Å². The van der Waals surface area contributed by atoms with Gasteiger partial charge in [-0.25, -0.2) is 22.0 Å². The van der Waals surface area contributed by atoms with Crippen LogP contribution in [0.2, 0.25) is 0 Å². The number of para-hydroxylation sites is 1. The lowest BCUT2D eigenvalue weighted by molar-refractivity contribution is -0.114. The summed E-state index contributed by atoms with van der Waals surface area (Å²) in [7, 11) is 1.38. The van der Waals surface area contributed by atoms with Gasteiger partial charge >= 0.3 is 0 Å². The average Bonchev–Trinajstić information content (AvgIpc) is 3.03. The van der Waals surface area contributed by atoms with Crippen molar-refractivity contribution in [3.8, 4) is 23.8 Å². The van der Waals surface area contributed by atoms with Crippen molar-refractivity contribution in [1.82, 2.24) is 0 Å². The SMILES string of the molecule is C#CCOc1c(/C=C2\C(=O)N(c3c(F)c(F)c(F)c(F)c3F)N=C2C)cccc1OC. The number of carbonyl (C=O) groups excluding carboxylic acids is 1. The molecule has 0 spiro atoms. The van der Waals surface area contributed by atoms with Crippen LogP contribution < -0.4 is 14.5 Å². The summed E-state index contributed by atoms with van der Waals surface area (Å²) in [4.78, 5) is 12.8. The summed E-state index contributed by atoms with van der Waals surface area (Å²) in [6, 6.07) is 4.71. The number of terminal acetylenes is 1. The normalized spacial score (nSPS) is 14.6. The van der Waals surface area contributed by atoms with Gasteiger partial charge in [0.25, 0.3) is 5.91 Å². The largest absolute Gasteiger partial charge is 0.493 e. The summed E-state index contributed by atoms with van der Waals surface area (Å²) in [6.45, 7) is 1.21. The molecule has 0 aromatic heterocycles. The first kappa shape index (κ1) is 21.8. The molecule has 10 heteroatoms. The first-order valence-corrected chi connectivity index (χ1v) is 8.59. The molecule has 31 heavy (non-hydrogen) atoms. The van der Waals surface area contributed by atoms with E-state index < -0.39 is 40.7 Å². The molecule has 1 aliphatic heterocycles. The molecule has 1 aliphatic rings. The van der Waals surface area contributed by atoms with Crippen LogP contribution in [0.25, 0.3) is 6.08 Å².